The molecule has 3 N–H and O–H groups in total. The van der Waals surface area contributed by atoms with Crippen LogP contribution in [0.3, 0.4) is 0 Å². The first-order valence-corrected chi connectivity index (χ1v) is 22.8. The fraction of sp³-hybridized carbons (Fsp3) is 0.184. The zero-order valence-electron chi connectivity index (χ0n) is 34.4. The van der Waals surface area contributed by atoms with E-state index in [0.717, 1.165) is 38.9 Å². The number of thiazole rings is 1. The number of ether oxygens (including phenoxy) is 1. The second-order valence-corrected chi connectivity index (χ2v) is 17.5. The molecule has 64 heavy (non-hydrogen) atoms. The van der Waals surface area contributed by atoms with Crippen LogP contribution in [0, 0.1) is 0 Å². The smallest absolute Gasteiger partial charge is 0.354 e. The fourth-order valence-corrected chi connectivity index (χ4v) is 10.3. The van der Waals surface area contributed by atoms with Crippen LogP contribution in [-0.4, -0.2) is 73.6 Å². The summed E-state index contributed by atoms with van der Waals surface area (Å²) in [6.07, 6.45) is -0.0948. The Kier molecular flexibility index (Phi) is 13.3. The van der Waals surface area contributed by atoms with Gasteiger partial charge in [0.15, 0.2) is 11.2 Å². The number of benzene rings is 5. The second-order valence-electron chi connectivity index (χ2n) is 15.2. The molecule has 6 aromatic rings. The number of fused-ring (bicyclic) bond motifs is 1. The zero-order valence-corrected chi connectivity index (χ0v) is 36.8. The topological polar surface area (TPSA) is 160 Å². The van der Waals surface area contributed by atoms with Gasteiger partial charge >= 0.3 is 11.9 Å². The Morgan fingerprint density at radius 2 is 1.38 bits per heavy atom. The molecule has 2 aliphatic heterocycles. The molecule has 8 rings (SSSR count). The number of amides is 2. The highest BCUT2D eigenvalue weighted by atomic mass is 35.5. The molecule has 0 bridgehead atoms. The molecule has 15 heteroatoms. The normalized spacial score (nSPS) is 17.0. The summed E-state index contributed by atoms with van der Waals surface area (Å²) in [7, 11) is 0. The molecule has 3 heterocycles. The Morgan fingerprint density at radius 3 is 1.88 bits per heavy atom. The number of rotatable bonds is 17. The van der Waals surface area contributed by atoms with Gasteiger partial charge < -0.3 is 25.3 Å². The molecule has 1 aromatic heterocycles. The molecule has 1 unspecified atom stereocenters. The Morgan fingerprint density at radius 1 is 0.859 bits per heavy atom. The number of carbonyl (C=O) groups is 4. The predicted molar refractivity (Wildman–Crippen MR) is 248 cm³/mol. The quantitative estimate of drug-likeness (QED) is 0.0204. The highest BCUT2D eigenvalue weighted by molar-refractivity contribution is 8.00. The van der Waals surface area contributed by atoms with Crippen LogP contribution in [0.4, 0.5) is 5.13 Å². The van der Waals surface area contributed by atoms with Gasteiger partial charge in [-0.05, 0) is 40.3 Å². The Labute approximate surface area is 383 Å². The van der Waals surface area contributed by atoms with E-state index in [4.69, 9.17) is 26.2 Å². The highest BCUT2D eigenvalue weighted by Gasteiger charge is 2.54. The van der Waals surface area contributed by atoms with E-state index in [1.165, 1.54) is 30.0 Å². The number of carboxylic acid groups (broad SMARTS) is 1. The summed E-state index contributed by atoms with van der Waals surface area (Å²) in [5.74, 6) is -3.18. The third kappa shape index (κ3) is 9.03. The molecule has 3 atom stereocenters. The Balaban J connectivity index is 1.08. The minimum absolute atomic E-state index is 0.0423. The molecule has 5 aromatic carbocycles. The molecule has 1 saturated heterocycles. The largest absolute Gasteiger partial charge is 0.477 e. The fourth-order valence-electron chi connectivity index (χ4n) is 7.86. The summed E-state index contributed by atoms with van der Waals surface area (Å²) in [5, 5.41) is 21.9. The van der Waals surface area contributed by atoms with Gasteiger partial charge in [-0.3, -0.25) is 14.5 Å². The van der Waals surface area contributed by atoms with Gasteiger partial charge in [-0.1, -0.05) is 157 Å². The van der Waals surface area contributed by atoms with Crippen molar-refractivity contribution in [3.8, 4) is 0 Å². The van der Waals surface area contributed by atoms with E-state index in [9.17, 15) is 24.3 Å². The van der Waals surface area contributed by atoms with Gasteiger partial charge in [0.05, 0.1) is 5.69 Å². The van der Waals surface area contributed by atoms with Crippen molar-refractivity contribution in [2.24, 2.45) is 5.16 Å². The van der Waals surface area contributed by atoms with Crippen molar-refractivity contribution in [3.05, 3.63) is 202 Å². The standard InChI is InChI=1S/C49H42ClN5O7S2/c1-48(46(60)61-42(32-17-7-2-8-18-32)33-19-9-3-10-20-33,62-51-29-39(56)53-40-43(57)55-41(45(58)59)34(28-50)30-63-44(40)55)27-38-31-64-47(52-38)54-49(35-21-11-4-12-22-35,36-23-13-5-14-24-36)37-25-15-6-16-26-37/h2-26,29,31,40,42,44H,27-28,30H2,1H3,(H,52,54)(H,53,56)(H,58,59)/b51-29-/t40-,44-,48?/m1/s1. The summed E-state index contributed by atoms with van der Waals surface area (Å²) in [6, 6.07) is 47.9. The van der Waals surface area contributed by atoms with E-state index < -0.39 is 52.4 Å². The molecule has 0 aliphatic carbocycles. The number of aliphatic carboxylic acids is 1. The summed E-state index contributed by atoms with van der Waals surface area (Å²) < 4.78 is 6.30. The Bertz CT molecular complexity index is 2540. The maximum atomic E-state index is 14.6. The first kappa shape index (κ1) is 43.9. The van der Waals surface area contributed by atoms with Crippen LogP contribution in [0.2, 0.25) is 0 Å². The van der Waals surface area contributed by atoms with Gasteiger partial charge in [0, 0.05) is 23.4 Å². The number of hydrogen-bond donors (Lipinski definition) is 3. The van der Waals surface area contributed by atoms with E-state index in [1.54, 1.807) is 0 Å². The van der Waals surface area contributed by atoms with E-state index in [0.29, 0.717) is 16.4 Å². The van der Waals surface area contributed by atoms with Crippen molar-refractivity contribution < 1.29 is 33.9 Å². The molecular formula is C49H42ClN5O7S2. The van der Waals surface area contributed by atoms with Gasteiger partial charge in [0.1, 0.15) is 28.9 Å². The molecule has 1 fully saturated rings. The lowest BCUT2D eigenvalue weighted by Crippen LogP contribution is -2.70. The number of esters is 1. The van der Waals surface area contributed by atoms with Crippen LogP contribution in [0.5, 0.6) is 0 Å². The SMILES string of the molecule is CC(Cc1csc(NC(c2ccccc2)(c2ccccc2)c2ccccc2)n1)(O/N=C\C(=O)N[C@@H]1C(=O)N2C(C(=O)O)=C(CCl)CS[C@H]12)C(=O)OC(c1ccccc1)c1ccccc1. The first-order chi connectivity index (χ1) is 31.1. The van der Waals surface area contributed by atoms with E-state index in [2.05, 4.69) is 52.2 Å². The molecular weight excluding hydrogens is 870 g/mol. The number of β-lactam (4-membered cyclic amide) rings is 1. The number of carbonyl (C=O) groups excluding carboxylic acids is 3. The van der Waals surface area contributed by atoms with Gasteiger partial charge in [-0.15, -0.1) is 34.7 Å². The Hall–Kier alpha value is -6.74. The number of oxime groups is 1. The van der Waals surface area contributed by atoms with Crippen LogP contribution in [0.1, 0.15) is 46.5 Å². The van der Waals surface area contributed by atoms with Gasteiger partial charge in [0.2, 0.25) is 5.60 Å². The van der Waals surface area contributed by atoms with Crippen molar-refractivity contribution in [1.82, 2.24) is 15.2 Å². The monoisotopic (exact) mass is 911 g/mol. The molecule has 2 amide bonds. The molecule has 324 valence electrons. The number of anilines is 1. The van der Waals surface area contributed by atoms with Gasteiger partial charge in [-0.25, -0.2) is 14.6 Å². The van der Waals surface area contributed by atoms with Crippen molar-refractivity contribution in [3.63, 3.8) is 0 Å². The minimum atomic E-state index is -1.83. The number of thioether (sulfide) groups is 1. The van der Waals surface area contributed by atoms with Crippen molar-refractivity contribution in [1.29, 1.82) is 0 Å². The summed E-state index contributed by atoms with van der Waals surface area (Å²) in [4.78, 5) is 65.0. The van der Waals surface area contributed by atoms with Crippen LogP contribution < -0.4 is 10.6 Å². The number of hydrogen-bond acceptors (Lipinski definition) is 11. The molecule has 0 radical (unpaired) electrons. The van der Waals surface area contributed by atoms with Crippen molar-refractivity contribution in [2.75, 3.05) is 16.9 Å². The summed E-state index contributed by atoms with van der Waals surface area (Å²) in [6.45, 7) is 1.52. The van der Waals surface area contributed by atoms with E-state index in [-0.39, 0.29) is 23.8 Å². The van der Waals surface area contributed by atoms with Crippen molar-refractivity contribution >= 4 is 69.8 Å². The minimum Gasteiger partial charge on any atom is -0.477 e. The number of nitrogens with one attached hydrogen (secondary N) is 2. The van der Waals surface area contributed by atoms with E-state index >= 15 is 0 Å². The third-order valence-corrected chi connectivity index (χ3v) is 13.4. The zero-order chi connectivity index (χ0) is 44.7. The lowest BCUT2D eigenvalue weighted by Gasteiger charge is -2.49. The number of aromatic nitrogens is 1. The molecule has 2 aliphatic rings. The lowest BCUT2D eigenvalue weighted by atomic mass is 9.77. The highest BCUT2D eigenvalue weighted by Crippen LogP contribution is 2.42. The van der Waals surface area contributed by atoms with E-state index in [1.807, 2.05) is 121 Å². The predicted octanol–water partition coefficient (Wildman–Crippen LogP) is 8.16. The average molecular weight is 912 g/mol. The number of halogens is 1. The third-order valence-electron chi connectivity index (χ3n) is 11.0. The first-order valence-electron chi connectivity index (χ1n) is 20.3. The molecule has 0 spiro atoms. The molecule has 0 saturated carbocycles. The van der Waals surface area contributed by atoms with Gasteiger partial charge in [-0.2, -0.15) is 0 Å². The van der Waals surface area contributed by atoms with Crippen LogP contribution >= 0.6 is 34.7 Å². The summed E-state index contributed by atoms with van der Waals surface area (Å²) in [5.41, 5.74) is 2.45. The maximum Gasteiger partial charge on any atom is 0.354 e. The second kappa shape index (κ2) is 19.3. The van der Waals surface area contributed by atoms with Gasteiger partial charge in [0.25, 0.3) is 11.8 Å². The van der Waals surface area contributed by atoms with Crippen LogP contribution in [0.15, 0.2) is 173 Å². The summed E-state index contributed by atoms with van der Waals surface area (Å²) >= 11 is 8.62. The van der Waals surface area contributed by atoms with Crippen LogP contribution in [0.25, 0.3) is 0 Å². The number of alkyl halides is 1. The maximum absolute atomic E-state index is 14.6. The number of nitrogens with zero attached hydrogens (tertiary/aromatic N) is 3. The average Bonchev–Trinajstić information content (AvgIpc) is 3.78. The van der Waals surface area contributed by atoms with Crippen molar-refractivity contribution in [2.45, 2.75) is 42.0 Å². The van der Waals surface area contributed by atoms with Crippen LogP contribution in [-0.2, 0) is 40.7 Å². The number of carboxylic acids is 1. The molecule has 12 nitrogen and oxygen atoms in total. The lowest BCUT2D eigenvalue weighted by molar-refractivity contribution is -0.174.